The molecule has 0 radical (unpaired) electrons. The maximum atomic E-state index is 11.9. The third-order valence-electron chi connectivity index (χ3n) is 3.33. The van der Waals surface area contributed by atoms with Gasteiger partial charge in [0.05, 0.1) is 16.4 Å². The van der Waals surface area contributed by atoms with Crippen molar-refractivity contribution in [3.8, 4) is 5.75 Å². The maximum absolute atomic E-state index is 11.9. The molecule has 0 aliphatic rings. The number of nitrogens with zero attached hydrogens (tertiary/aromatic N) is 1. The SMILES string of the molecule is NS(=O)(=O)c1ccc(NC(=O)CCCOc2ccccc2[N+](=O)[O-])cc1. The normalized spacial score (nSPS) is 11.0. The molecule has 0 spiro atoms. The number of nitro benzene ring substituents is 1. The molecular formula is C16H17N3O6S. The Labute approximate surface area is 150 Å². The lowest BCUT2D eigenvalue weighted by Gasteiger charge is -2.08. The molecule has 0 unspecified atom stereocenters. The highest BCUT2D eigenvalue weighted by Gasteiger charge is 2.13. The summed E-state index contributed by atoms with van der Waals surface area (Å²) >= 11 is 0. The van der Waals surface area contributed by atoms with Crippen LogP contribution < -0.4 is 15.2 Å². The Hall–Kier alpha value is -2.98. The number of nitrogens with two attached hydrogens (primary N) is 1. The quantitative estimate of drug-likeness (QED) is 0.408. The van der Waals surface area contributed by atoms with Crippen molar-refractivity contribution in [2.75, 3.05) is 11.9 Å². The summed E-state index contributed by atoms with van der Waals surface area (Å²) in [6, 6.07) is 11.5. The molecule has 0 fully saturated rings. The first-order valence-corrected chi connectivity index (χ1v) is 9.11. The van der Waals surface area contributed by atoms with E-state index in [1.54, 1.807) is 12.1 Å². The van der Waals surface area contributed by atoms with E-state index in [0.29, 0.717) is 12.1 Å². The van der Waals surface area contributed by atoms with E-state index in [1.807, 2.05) is 0 Å². The van der Waals surface area contributed by atoms with Crippen LogP contribution in [0.2, 0.25) is 0 Å². The Kier molecular flexibility index (Phi) is 6.26. The van der Waals surface area contributed by atoms with Crippen molar-refractivity contribution in [1.82, 2.24) is 0 Å². The summed E-state index contributed by atoms with van der Waals surface area (Å²) in [5, 5.41) is 18.5. The van der Waals surface area contributed by atoms with Crippen LogP contribution in [-0.2, 0) is 14.8 Å². The molecule has 0 aliphatic carbocycles. The molecule has 3 N–H and O–H groups in total. The van der Waals surface area contributed by atoms with E-state index in [2.05, 4.69) is 5.32 Å². The van der Waals surface area contributed by atoms with Gasteiger partial charge in [0.1, 0.15) is 0 Å². The Morgan fingerprint density at radius 1 is 1.15 bits per heavy atom. The Bertz CT molecular complexity index is 896. The van der Waals surface area contributed by atoms with E-state index in [9.17, 15) is 23.3 Å². The zero-order chi connectivity index (χ0) is 19.2. The third kappa shape index (κ3) is 5.53. The largest absolute Gasteiger partial charge is 0.487 e. The number of nitro groups is 1. The number of primary sulfonamides is 1. The van der Waals surface area contributed by atoms with Crippen LogP contribution in [0.4, 0.5) is 11.4 Å². The smallest absolute Gasteiger partial charge is 0.310 e. The van der Waals surface area contributed by atoms with Crippen molar-refractivity contribution in [2.45, 2.75) is 17.7 Å². The second-order valence-electron chi connectivity index (χ2n) is 5.29. The van der Waals surface area contributed by atoms with Gasteiger partial charge in [0.2, 0.25) is 15.9 Å². The summed E-state index contributed by atoms with van der Waals surface area (Å²) < 4.78 is 27.7. The number of carbonyl (C=O) groups is 1. The molecule has 0 saturated heterocycles. The third-order valence-corrected chi connectivity index (χ3v) is 4.26. The van der Waals surface area contributed by atoms with Crippen molar-refractivity contribution < 1.29 is 22.9 Å². The lowest BCUT2D eigenvalue weighted by Crippen LogP contribution is -2.14. The number of ether oxygens (including phenoxy) is 1. The first-order chi connectivity index (χ1) is 12.3. The Balaban J connectivity index is 1.80. The number of anilines is 1. The highest BCUT2D eigenvalue weighted by molar-refractivity contribution is 7.89. The summed E-state index contributed by atoms with van der Waals surface area (Å²) in [5.74, 6) is -0.143. The lowest BCUT2D eigenvalue weighted by molar-refractivity contribution is -0.385. The minimum Gasteiger partial charge on any atom is -0.487 e. The van der Waals surface area contributed by atoms with Crippen molar-refractivity contribution in [2.24, 2.45) is 5.14 Å². The van der Waals surface area contributed by atoms with Crippen molar-refractivity contribution >= 4 is 27.3 Å². The number of hydrogen-bond donors (Lipinski definition) is 2. The van der Waals surface area contributed by atoms with Gasteiger partial charge in [-0.15, -0.1) is 0 Å². The molecule has 0 bridgehead atoms. The fourth-order valence-electron chi connectivity index (χ4n) is 2.10. The summed E-state index contributed by atoms with van der Waals surface area (Å²) in [5.41, 5.74) is 0.300. The molecular weight excluding hydrogens is 362 g/mol. The van der Waals surface area contributed by atoms with Gasteiger partial charge in [0.25, 0.3) is 0 Å². The zero-order valence-electron chi connectivity index (χ0n) is 13.6. The van der Waals surface area contributed by atoms with Crippen LogP contribution in [0.15, 0.2) is 53.4 Å². The number of carbonyl (C=O) groups excluding carboxylic acids is 1. The maximum Gasteiger partial charge on any atom is 0.310 e. The lowest BCUT2D eigenvalue weighted by atomic mass is 10.2. The number of rotatable bonds is 8. The minimum absolute atomic E-state index is 0.0478. The van der Waals surface area contributed by atoms with Crippen molar-refractivity contribution in [3.05, 3.63) is 58.6 Å². The monoisotopic (exact) mass is 379 g/mol. The van der Waals surface area contributed by atoms with Crippen LogP contribution in [0.5, 0.6) is 5.75 Å². The molecule has 9 nitrogen and oxygen atoms in total. The van der Waals surface area contributed by atoms with Crippen LogP contribution >= 0.6 is 0 Å². The van der Waals surface area contributed by atoms with Crippen LogP contribution in [0.3, 0.4) is 0 Å². The fourth-order valence-corrected chi connectivity index (χ4v) is 2.61. The standard InChI is InChI=1S/C16H17N3O6S/c17-26(23,24)13-9-7-12(8-10-13)18-16(20)6-3-11-25-15-5-2-1-4-14(15)19(21)22/h1-2,4-5,7-10H,3,6,11H2,(H,18,20)(H2,17,23,24). The number of benzene rings is 2. The van der Waals surface area contributed by atoms with Crippen molar-refractivity contribution in [3.63, 3.8) is 0 Å². The van der Waals surface area contributed by atoms with Gasteiger partial charge in [-0.1, -0.05) is 12.1 Å². The molecule has 0 aliphatic heterocycles. The summed E-state index contributed by atoms with van der Waals surface area (Å²) in [6.45, 7) is 0.141. The number of sulfonamides is 1. The van der Waals surface area contributed by atoms with Gasteiger partial charge in [-0.3, -0.25) is 14.9 Å². The molecule has 10 heteroatoms. The average molecular weight is 379 g/mol. The van der Waals surface area contributed by atoms with E-state index in [-0.39, 0.29) is 35.3 Å². The van der Waals surface area contributed by atoms with Gasteiger partial charge in [0.15, 0.2) is 5.75 Å². The molecule has 26 heavy (non-hydrogen) atoms. The molecule has 2 rings (SSSR count). The fraction of sp³-hybridized carbons (Fsp3) is 0.188. The number of para-hydroxylation sites is 2. The predicted molar refractivity (Wildman–Crippen MR) is 94.3 cm³/mol. The van der Waals surface area contributed by atoms with Crippen LogP contribution in [-0.4, -0.2) is 25.9 Å². The molecule has 0 saturated carbocycles. The van der Waals surface area contributed by atoms with E-state index in [1.165, 1.54) is 36.4 Å². The van der Waals surface area contributed by atoms with E-state index >= 15 is 0 Å². The van der Waals surface area contributed by atoms with Crippen molar-refractivity contribution in [1.29, 1.82) is 0 Å². The van der Waals surface area contributed by atoms with E-state index in [0.717, 1.165) is 0 Å². The number of amides is 1. The van der Waals surface area contributed by atoms with Crippen LogP contribution in [0.1, 0.15) is 12.8 Å². The molecule has 0 heterocycles. The van der Waals surface area contributed by atoms with Gasteiger partial charge < -0.3 is 10.1 Å². The highest BCUT2D eigenvalue weighted by atomic mass is 32.2. The Morgan fingerprint density at radius 3 is 2.42 bits per heavy atom. The van der Waals surface area contributed by atoms with Gasteiger partial charge in [0, 0.05) is 18.2 Å². The van der Waals surface area contributed by atoms with Crippen LogP contribution in [0, 0.1) is 10.1 Å². The molecule has 2 aromatic rings. The molecule has 0 atom stereocenters. The number of hydrogen-bond acceptors (Lipinski definition) is 6. The van der Waals surface area contributed by atoms with Gasteiger partial charge in [-0.05, 0) is 36.8 Å². The highest BCUT2D eigenvalue weighted by Crippen LogP contribution is 2.25. The second kappa shape index (κ2) is 8.41. The zero-order valence-corrected chi connectivity index (χ0v) is 14.4. The topological polar surface area (TPSA) is 142 Å². The van der Waals surface area contributed by atoms with Gasteiger partial charge in [-0.2, -0.15) is 0 Å². The average Bonchev–Trinajstić information content (AvgIpc) is 2.58. The second-order valence-corrected chi connectivity index (χ2v) is 6.86. The van der Waals surface area contributed by atoms with Gasteiger partial charge >= 0.3 is 5.69 Å². The first kappa shape index (κ1) is 19.3. The minimum atomic E-state index is -3.78. The van der Waals surface area contributed by atoms with Crippen LogP contribution in [0.25, 0.3) is 0 Å². The summed E-state index contributed by atoms with van der Waals surface area (Å²) in [6.07, 6.45) is 0.491. The Morgan fingerprint density at radius 2 is 1.81 bits per heavy atom. The predicted octanol–water partition coefficient (Wildman–Crippen LogP) is 2.04. The van der Waals surface area contributed by atoms with E-state index in [4.69, 9.17) is 9.88 Å². The summed E-state index contributed by atoms with van der Waals surface area (Å²) in [7, 11) is -3.78. The van der Waals surface area contributed by atoms with E-state index < -0.39 is 14.9 Å². The number of nitrogens with one attached hydrogen (secondary N) is 1. The first-order valence-electron chi connectivity index (χ1n) is 7.56. The van der Waals surface area contributed by atoms with Gasteiger partial charge in [-0.25, -0.2) is 13.6 Å². The molecule has 1 amide bonds. The molecule has 138 valence electrons. The summed E-state index contributed by atoms with van der Waals surface area (Å²) in [4.78, 5) is 22.1. The molecule has 2 aromatic carbocycles. The molecule has 0 aromatic heterocycles.